The summed E-state index contributed by atoms with van der Waals surface area (Å²) >= 11 is 5.85. The lowest BCUT2D eigenvalue weighted by Crippen LogP contribution is -2.03. The first-order chi connectivity index (χ1) is 9.15. The van der Waals surface area contributed by atoms with Crippen LogP contribution in [0.25, 0.3) is 0 Å². The fourth-order valence-corrected chi connectivity index (χ4v) is 1.73. The number of alkyl halides is 2. The molecule has 1 N–H and O–H groups in total. The second kappa shape index (κ2) is 6.33. The summed E-state index contributed by atoms with van der Waals surface area (Å²) in [5.41, 5.74) is 1.78. The molecule has 1 aromatic carbocycles. The Kier molecular flexibility index (Phi) is 4.52. The molecular formula is C13H11ClF2N2O. The van der Waals surface area contributed by atoms with E-state index in [1.807, 2.05) is 12.1 Å². The van der Waals surface area contributed by atoms with Gasteiger partial charge in [-0.2, -0.15) is 8.78 Å². The number of ether oxygens (including phenoxy) is 1. The zero-order chi connectivity index (χ0) is 13.7. The van der Waals surface area contributed by atoms with E-state index in [2.05, 4.69) is 15.0 Å². The average molecular weight is 285 g/mol. The molecule has 0 aliphatic carbocycles. The summed E-state index contributed by atoms with van der Waals surface area (Å²) < 4.78 is 28.4. The third-order valence-corrected chi connectivity index (χ3v) is 2.69. The standard InChI is InChI=1S/C13H11ClF2N2O/c14-11-7-10(1-2-12(11)19-13(15)16)18-8-9-3-5-17-6-4-9/h1-7,13,18H,8H2. The summed E-state index contributed by atoms with van der Waals surface area (Å²) in [5, 5.41) is 3.27. The van der Waals surface area contributed by atoms with Gasteiger partial charge in [-0.05, 0) is 35.9 Å². The van der Waals surface area contributed by atoms with Crippen molar-refractivity contribution < 1.29 is 13.5 Å². The lowest BCUT2D eigenvalue weighted by atomic mass is 10.2. The van der Waals surface area contributed by atoms with Crippen LogP contribution in [-0.4, -0.2) is 11.6 Å². The molecule has 3 nitrogen and oxygen atoms in total. The molecule has 1 aromatic heterocycles. The van der Waals surface area contributed by atoms with Crippen LogP contribution in [0, 0.1) is 0 Å². The first-order valence-corrected chi connectivity index (χ1v) is 5.90. The molecule has 19 heavy (non-hydrogen) atoms. The molecule has 0 unspecified atom stereocenters. The molecule has 1 heterocycles. The van der Waals surface area contributed by atoms with Crippen molar-refractivity contribution in [1.82, 2.24) is 4.98 Å². The second-order valence-electron chi connectivity index (χ2n) is 3.73. The minimum Gasteiger partial charge on any atom is -0.433 e. The fourth-order valence-electron chi connectivity index (χ4n) is 1.51. The van der Waals surface area contributed by atoms with Crippen molar-refractivity contribution in [3.05, 3.63) is 53.3 Å². The predicted octanol–water partition coefficient (Wildman–Crippen LogP) is 3.95. The maximum Gasteiger partial charge on any atom is 0.387 e. The van der Waals surface area contributed by atoms with Gasteiger partial charge in [-0.3, -0.25) is 4.98 Å². The van der Waals surface area contributed by atoms with Gasteiger partial charge in [-0.25, -0.2) is 0 Å². The second-order valence-corrected chi connectivity index (χ2v) is 4.14. The topological polar surface area (TPSA) is 34.1 Å². The van der Waals surface area contributed by atoms with Gasteiger partial charge < -0.3 is 10.1 Å². The van der Waals surface area contributed by atoms with Gasteiger partial charge in [0.25, 0.3) is 0 Å². The van der Waals surface area contributed by atoms with Crippen molar-refractivity contribution >= 4 is 17.3 Å². The van der Waals surface area contributed by atoms with Crippen LogP contribution >= 0.6 is 11.6 Å². The van der Waals surface area contributed by atoms with Gasteiger partial charge in [-0.15, -0.1) is 0 Å². The molecule has 0 bridgehead atoms. The average Bonchev–Trinajstić information content (AvgIpc) is 2.40. The molecule has 0 aliphatic rings. The van der Waals surface area contributed by atoms with E-state index in [4.69, 9.17) is 11.6 Å². The van der Waals surface area contributed by atoms with Gasteiger partial charge in [-0.1, -0.05) is 11.6 Å². The van der Waals surface area contributed by atoms with Crippen molar-refractivity contribution in [3.63, 3.8) is 0 Å². The van der Waals surface area contributed by atoms with Crippen LogP contribution in [0.1, 0.15) is 5.56 Å². The summed E-state index contributed by atoms with van der Waals surface area (Å²) in [7, 11) is 0. The smallest absolute Gasteiger partial charge is 0.387 e. The predicted molar refractivity (Wildman–Crippen MR) is 69.6 cm³/mol. The van der Waals surface area contributed by atoms with Gasteiger partial charge >= 0.3 is 6.61 Å². The monoisotopic (exact) mass is 284 g/mol. The number of nitrogens with one attached hydrogen (secondary N) is 1. The Balaban J connectivity index is 2.00. The lowest BCUT2D eigenvalue weighted by Gasteiger charge is -2.10. The molecule has 2 rings (SSSR count). The maximum atomic E-state index is 12.1. The number of hydrogen-bond acceptors (Lipinski definition) is 3. The summed E-state index contributed by atoms with van der Waals surface area (Å²) in [6.45, 7) is -2.29. The zero-order valence-electron chi connectivity index (χ0n) is 9.82. The normalized spacial score (nSPS) is 10.5. The lowest BCUT2D eigenvalue weighted by molar-refractivity contribution is -0.0497. The molecular weight excluding hydrogens is 274 g/mol. The molecule has 0 radical (unpaired) electrons. The molecule has 100 valence electrons. The van der Waals surface area contributed by atoms with Crippen molar-refractivity contribution in [2.45, 2.75) is 13.2 Å². The van der Waals surface area contributed by atoms with Gasteiger partial charge in [0.2, 0.25) is 0 Å². The molecule has 0 fully saturated rings. The van der Waals surface area contributed by atoms with E-state index >= 15 is 0 Å². The van der Waals surface area contributed by atoms with Crippen LogP contribution in [0.4, 0.5) is 14.5 Å². The third-order valence-electron chi connectivity index (χ3n) is 2.39. The number of pyridine rings is 1. The van der Waals surface area contributed by atoms with Crippen LogP contribution in [-0.2, 0) is 6.54 Å². The molecule has 0 atom stereocenters. The first kappa shape index (κ1) is 13.5. The Morgan fingerprint density at radius 2 is 1.95 bits per heavy atom. The van der Waals surface area contributed by atoms with Crippen molar-refractivity contribution in [3.8, 4) is 5.75 Å². The zero-order valence-corrected chi connectivity index (χ0v) is 10.6. The minimum atomic E-state index is -2.88. The third kappa shape index (κ3) is 4.06. The van der Waals surface area contributed by atoms with E-state index in [1.165, 1.54) is 6.07 Å². The molecule has 2 aromatic rings. The highest BCUT2D eigenvalue weighted by atomic mass is 35.5. The van der Waals surface area contributed by atoms with Gasteiger partial charge in [0.1, 0.15) is 5.75 Å². The minimum absolute atomic E-state index is 0.0360. The number of anilines is 1. The van der Waals surface area contributed by atoms with Crippen molar-refractivity contribution in [2.75, 3.05) is 5.32 Å². The summed E-state index contributed by atoms with van der Waals surface area (Å²) in [4.78, 5) is 3.92. The number of halogens is 3. The highest BCUT2D eigenvalue weighted by molar-refractivity contribution is 6.32. The van der Waals surface area contributed by atoms with E-state index in [0.717, 1.165) is 11.3 Å². The van der Waals surface area contributed by atoms with E-state index in [0.29, 0.717) is 6.54 Å². The first-order valence-electron chi connectivity index (χ1n) is 5.52. The van der Waals surface area contributed by atoms with Crippen LogP contribution in [0.15, 0.2) is 42.7 Å². The molecule has 0 amide bonds. The Labute approximate surface area is 114 Å². The highest BCUT2D eigenvalue weighted by Crippen LogP contribution is 2.29. The molecule has 0 aliphatic heterocycles. The molecule has 0 saturated heterocycles. The Morgan fingerprint density at radius 1 is 1.21 bits per heavy atom. The van der Waals surface area contributed by atoms with Crippen LogP contribution < -0.4 is 10.1 Å². The maximum absolute atomic E-state index is 12.1. The van der Waals surface area contributed by atoms with Gasteiger partial charge in [0.05, 0.1) is 5.02 Å². The summed E-state index contributed by atoms with van der Waals surface area (Å²) in [6, 6.07) is 8.33. The molecule has 0 saturated carbocycles. The SMILES string of the molecule is FC(F)Oc1ccc(NCc2ccncc2)cc1Cl. The molecule has 0 spiro atoms. The Morgan fingerprint density at radius 3 is 2.58 bits per heavy atom. The Bertz CT molecular complexity index is 537. The van der Waals surface area contributed by atoms with E-state index < -0.39 is 6.61 Å². The number of aromatic nitrogens is 1. The van der Waals surface area contributed by atoms with E-state index in [9.17, 15) is 8.78 Å². The number of benzene rings is 1. The number of rotatable bonds is 5. The molecule has 6 heteroatoms. The summed E-state index contributed by atoms with van der Waals surface area (Å²) in [5.74, 6) is -0.0360. The summed E-state index contributed by atoms with van der Waals surface area (Å²) in [6.07, 6.45) is 3.40. The van der Waals surface area contributed by atoms with Gasteiger partial charge in [0, 0.05) is 24.6 Å². The van der Waals surface area contributed by atoms with E-state index in [-0.39, 0.29) is 10.8 Å². The van der Waals surface area contributed by atoms with Gasteiger partial charge in [0.15, 0.2) is 0 Å². The largest absolute Gasteiger partial charge is 0.433 e. The quantitative estimate of drug-likeness (QED) is 0.903. The van der Waals surface area contributed by atoms with Crippen LogP contribution in [0.2, 0.25) is 5.02 Å². The van der Waals surface area contributed by atoms with Crippen molar-refractivity contribution in [1.29, 1.82) is 0 Å². The van der Waals surface area contributed by atoms with E-state index in [1.54, 1.807) is 24.5 Å². The fraction of sp³-hybridized carbons (Fsp3) is 0.154. The van der Waals surface area contributed by atoms with Crippen LogP contribution in [0.3, 0.4) is 0 Å². The highest BCUT2D eigenvalue weighted by Gasteiger charge is 2.08. The number of nitrogens with zero attached hydrogens (tertiary/aromatic N) is 1. The number of hydrogen-bond donors (Lipinski definition) is 1. The van der Waals surface area contributed by atoms with Crippen molar-refractivity contribution in [2.24, 2.45) is 0 Å². The van der Waals surface area contributed by atoms with Crippen LogP contribution in [0.5, 0.6) is 5.75 Å². The Hall–Kier alpha value is -1.88.